The Kier molecular flexibility index (Phi) is 2.27. The maximum atomic E-state index is 4.57. The van der Waals surface area contributed by atoms with Gasteiger partial charge < -0.3 is 4.72 Å². The van der Waals surface area contributed by atoms with Crippen LogP contribution in [0.2, 0.25) is 0 Å². The molecule has 0 amide bonds. The van der Waals surface area contributed by atoms with Crippen LogP contribution in [0, 0.1) is 0 Å². The van der Waals surface area contributed by atoms with Gasteiger partial charge in [-0.05, 0) is 36.1 Å². The molecule has 1 aliphatic rings. The Morgan fingerprint density at radius 3 is 3.00 bits per heavy atom. The smallest absolute Gasteiger partial charge is 0.0801 e. The van der Waals surface area contributed by atoms with Gasteiger partial charge in [-0.2, -0.15) is 0 Å². The summed E-state index contributed by atoms with van der Waals surface area (Å²) in [4.78, 5) is 5.77. The Morgan fingerprint density at radius 2 is 2.23 bits per heavy atom. The average Bonchev–Trinajstić information content (AvgIpc) is 2.17. The number of nitrogens with one attached hydrogen (secondary N) is 1. The highest BCUT2D eigenvalue weighted by Crippen LogP contribution is 2.25. The predicted molar refractivity (Wildman–Crippen MR) is 56.4 cm³/mol. The molecule has 3 heteroatoms. The van der Waals surface area contributed by atoms with Gasteiger partial charge in [-0.3, -0.25) is 4.98 Å². The van der Waals surface area contributed by atoms with E-state index in [4.69, 9.17) is 0 Å². The molecule has 68 valence electrons. The SMILES string of the molecule is CC(C)c1ccc2c(n1)C=CNS2. The number of nitrogens with zero attached hydrogens (tertiary/aromatic N) is 1. The number of rotatable bonds is 1. The van der Waals surface area contributed by atoms with Crippen molar-refractivity contribution in [1.29, 1.82) is 0 Å². The first kappa shape index (κ1) is 8.63. The van der Waals surface area contributed by atoms with E-state index >= 15 is 0 Å². The third-order valence-corrected chi connectivity index (χ3v) is 2.80. The van der Waals surface area contributed by atoms with E-state index in [-0.39, 0.29) is 0 Å². The number of aromatic nitrogens is 1. The van der Waals surface area contributed by atoms with Gasteiger partial charge in [-0.25, -0.2) is 0 Å². The molecule has 1 aliphatic heterocycles. The van der Waals surface area contributed by atoms with Crippen LogP contribution in [0.25, 0.3) is 6.08 Å². The van der Waals surface area contributed by atoms with E-state index in [0.29, 0.717) is 5.92 Å². The van der Waals surface area contributed by atoms with Crippen LogP contribution in [-0.2, 0) is 0 Å². The lowest BCUT2D eigenvalue weighted by molar-refractivity contribution is 0.815. The normalized spacial score (nSPS) is 14.1. The van der Waals surface area contributed by atoms with Crippen LogP contribution in [0.1, 0.15) is 31.2 Å². The number of hydrogen-bond acceptors (Lipinski definition) is 3. The molecule has 0 fully saturated rings. The molecule has 2 rings (SSSR count). The molecular weight excluding hydrogens is 180 g/mol. The van der Waals surface area contributed by atoms with Gasteiger partial charge in [0.05, 0.1) is 10.6 Å². The van der Waals surface area contributed by atoms with Crippen molar-refractivity contribution in [3.8, 4) is 0 Å². The fourth-order valence-corrected chi connectivity index (χ4v) is 1.83. The molecule has 0 saturated carbocycles. The average molecular weight is 192 g/mol. The van der Waals surface area contributed by atoms with Gasteiger partial charge in [0, 0.05) is 11.9 Å². The largest absolute Gasteiger partial charge is 0.332 e. The molecule has 1 aromatic heterocycles. The first-order chi connectivity index (χ1) is 6.27. The fraction of sp³-hybridized carbons (Fsp3) is 0.300. The molecule has 0 atom stereocenters. The van der Waals surface area contributed by atoms with Crippen LogP contribution in [0.15, 0.2) is 23.2 Å². The summed E-state index contributed by atoms with van der Waals surface area (Å²) in [7, 11) is 0. The van der Waals surface area contributed by atoms with Crippen LogP contribution in [0.4, 0.5) is 0 Å². The third-order valence-electron chi connectivity index (χ3n) is 1.98. The molecule has 0 spiro atoms. The lowest BCUT2D eigenvalue weighted by atomic mass is 10.1. The van der Waals surface area contributed by atoms with Crippen molar-refractivity contribution in [3.05, 3.63) is 29.7 Å². The Labute approximate surface area is 82.6 Å². The zero-order valence-electron chi connectivity index (χ0n) is 7.74. The second-order valence-corrected chi connectivity index (χ2v) is 4.21. The van der Waals surface area contributed by atoms with Crippen molar-refractivity contribution in [2.75, 3.05) is 0 Å². The van der Waals surface area contributed by atoms with E-state index in [9.17, 15) is 0 Å². The Hall–Kier alpha value is -0.960. The van der Waals surface area contributed by atoms with Crippen molar-refractivity contribution in [3.63, 3.8) is 0 Å². The van der Waals surface area contributed by atoms with E-state index in [1.807, 2.05) is 12.3 Å². The molecule has 0 bridgehead atoms. The molecular formula is C10H12N2S. The van der Waals surface area contributed by atoms with Crippen LogP contribution in [-0.4, -0.2) is 4.98 Å². The highest BCUT2D eigenvalue weighted by Gasteiger charge is 2.08. The molecule has 0 unspecified atom stereocenters. The number of hydrogen-bond donors (Lipinski definition) is 1. The van der Waals surface area contributed by atoms with Crippen molar-refractivity contribution in [2.24, 2.45) is 0 Å². The lowest BCUT2D eigenvalue weighted by Crippen LogP contribution is -2.02. The Morgan fingerprint density at radius 1 is 1.38 bits per heavy atom. The molecule has 1 aromatic rings. The van der Waals surface area contributed by atoms with E-state index < -0.39 is 0 Å². The molecule has 2 heterocycles. The maximum Gasteiger partial charge on any atom is 0.0801 e. The molecule has 0 radical (unpaired) electrons. The number of pyridine rings is 1. The van der Waals surface area contributed by atoms with Crippen LogP contribution in [0.5, 0.6) is 0 Å². The second-order valence-electron chi connectivity index (χ2n) is 3.33. The first-order valence-electron chi connectivity index (χ1n) is 4.37. The summed E-state index contributed by atoms with van der Waals surface area (Å²) in [6.45, 7) is 4.32. The highest BCUT2D eigenvalue weighted by molar-refractivity contribution is 7.97. The third kappa shape index (κ3) is 1.70. The zero-order chi connectivity index (χ0) is 9.26. The molecule has 1 N–H and O–H groups in total. The topological polar surface area (TPSA) is 24.9 Å². The van der Waals surface area contributed by atoms with E-state index in [0.717, 1.165) is 11.4 Å². The minimum absolute atomic E-state index is 0.499. The summed E-state index contributed by atoms with van der Waals surface area (Å²) >= 11 is 1.61. The monoisotopic (exact) mass is 192 g/mol. The molecule has 2 nitrogen and oxygen atoms in total. The first-order valence-corrected chi connectivity index (χ1v) is 5.19. The minimum Gasteiger partial charge on any atom is -0.332 e. The molecule has 0 aliphatic carbocycles. The van der Waals surface area contributed by atoms with Crippen molar-refractivity contribution in [2.45, 2.75) is 24.7 Å². The molecule has 0 aromatic carbocycles. The van der Waals surface area contributed by atoms with Crippen molar-refractivity contribution >= 4 is 18.0 Å². The van der Waals surface area contributed by atoms with Gasteiger partial charge in [0.15, 0.2) is 0 Å². The summed E-state index contributed by atoms with van der Waals surface area (Å²) in [5.41, 5.74) is 2.24. The Balaban J connectivity index is 2.43. The fourth-order valence-electron chi connectivity index (χ4n) is 1.22. The predicted octanol–water partition coefficient (Wildman–Crippen LogP) is 2.79. The molecule has 0 saturated heterocycles. The van der Waals surface area contributed by atoms with Crippen LogP contribution in [0.3, 0.4) is 0 Å². The van der Waals surface area contributed by atoms with Gasteiger partial charge in [-0.15, -0.1) is 0 Å². The summed E-state index contributed by atoms with van der Waals surface area (Å²) in [6, 6.07) is 4.22. The van der Waals surface area contributed by atoms with Gasteiger partial charge >= 0.3 is 0 Å². The van der Waals surface area contributed by atoms with Gasteiger partial charge in [0.2, 0.25) is 0 Å². The van der Waals surface area contributed by atoms with E-state index in [1.54, 1.807) is 11.9 Å². The summed E-state index contributed by atoms with van der Waals surface area (Å²) in [5, 5.41) is 0. The minimum atomic E-state index is 0.499. The van der Waals surface area contributed by atoms with Crippen LogP contribution < -0.4 is 4.72 Å². The summed E-state index contributed by atoms with van der Waals surface area (Å²) in [6.07, 6.45) is 3.93. The van der Waals surface area contributed by atoms with E-state index in [2.05, 4.69) is 35.7 Å². The second kappa shape index (κ2) is 3.42. The number of fused-ring (bicyclic) bond motifs is 1. The van der Waals surface area contributed by atoms with Gasteiger partial charge in [-0.1, -0.05) is 13.8 Å². The Bertz CT molecular complexity index is 345. The molecule has 13 heavy (non-hydrogen) atoms. The summed E-state index contributed by atoms with van der Waals surface area (Å²) in [5.74, 6) is 0.499. The van der Waals surface area contributed by atoms with Crippen LogP contribution >= 0.6 is 11.9 Å². The van der Waals surface area contributed by atoms with Gasteiger partial charge in [0.25, 0.3) is 0 Å². The van der Waals surface area contributed by atoms with Crippen molar-refractivity contribution < 1.29 is 0 Å². The standard InChI is InChI=1S/C10H12N2S/c1-7(2)8-3-4-10-9(12-8)5-6-11-13-10/h3-7,11H,1-2H3. The zero-order valence-corrected chi connectivity index (χ0v) is 8.56. The summed E-state index contributed by atoms with van der Waals surface area (Å²) < 4.78 is 3.09. The van der Waals surface area contributed by atoms with Gasteiger partial charge in [0.1, 0.15) is 0 Å². The maximum absolute atomic E-state index is 4.57. The van der Waals surface area contributed by atoms with Crippen molar-refractivity contribution in [1.82, 2.24) is 9.71 Å². The highest BCUT2D eigenvalue weighted by atomic mass is 32.2. The lowest BCUT2D eigenvalue weighted by Gasteiger charge is -2.12. The van der Waals surface area contributed by atoms with E-state index in [1.165, 1.54) is 4.90 Å². The quantitative estimate of drug-likeness (QED) is 0.692.